The standard InChI is InChI=1S/C14H29N3O/c1-3-5-6-13(4-2)14(18)17-11-9-16(8-7-15)10-12-17/h13H,3-12,15H2,1-2H3. The van der Waals surface area contributed by atoms with E-state index in [1.807, 2.05) is 0 Å². The second-order valence-corrected chi connectivity index (χ2v) is 5.20. The first-order valence-corrected chi connectivity index (χ1v) is 7.44. The van der Waals surface area contributed by atoms with Gasteiger partial charge in [0.25, 0.3) is 0 Å². The smallest absolute Gasteiger partial charge is 0.225 e. The Morgan fingerprint density at radius 2 is 1.89 bits per heavy atom. The predicted octanol–water partition coefficient (Wildman–Crippen LogP) is 1.31. The van der Waals surface area contributed by atoms with E-state index in [1.165, 1.54) is 6.42 Å². The summed E-state index contributed by atoms with van der Waals surface area (Å²) in [4.78, 5) is 16.8. The molecule has 2 N–H and O–H groups in total. The maximum Gasteiger partial charge on any atom is 0.225 e. The van der Waals surface area contributed by atoms with Gasteiger partial charge in [0, 0.05) is 45.2 Å². The molecule has 1 saturated heterocycles. The fourth-order valence-electron chi connectivity index (χ4n) is 2.59. The Morgan fingerprint density at radius 1 is 1.22 bits per heavy atom. The van der Waals surface area contributed by atoms with Crippen LogP contribution in [0.25, 0.3) is 0 Å². The lowest BCUT2D eigenvalue weighted by Gasteiger charge is -2.36. The van der Waals surface area contributed by atoms with Crippen molar-refractivity contribution < 1.29 is 4.79 Å². The lowest BCUT2D eigenvalue weighted by molar-refractivity contribution is -0.137. The number of nitrogens with two attached hydrogens (primary N) is 1. The molecule has 1 amide bonds. The molecule has 1 rings (SSSR count). The van der Waals surface area contributed by atoms with E-state index in [1.54, 1.807) is 0 Å². The number of unbranched alkanes of at least 4 members (excludes halogenated alkanes) is 1. The molecule has 4 nitrogen and oxygen atoms in total. The average Bonchev–Trinajstić information content (AvgIpc) is 2.40. The highest BCUT2D eigenvalue weighted by atomic mass is 16.2. The third kappa shape index (κ3) is 4.58. The molecule has 1 aliphatic heterocycles. The maximum atomic E-state index is 12.4. The first kappa shape index (κ1) is 15.4. The Kier molecular flexibility index (Phi) is 7.28. The number of hydrogen-bond donors (Lipinski definition) is 1. The van der Waals surface area contributed by atoms with Crippen molar-refractivity contribution in [2.24, 2.45) is 11.7 Å². The molecular weight excluding hydrogens is 226 g/mol. The number of amides is 1. The Bertz CT molecular complexity index is 237. The Balaban J connectivity index is 2.37. The highest BCUT2D eigenvalue weighted by Gasteiger charge is 2.25. The highest BCUT2D eigenvalue weighted by molar-refractivity contribution is 5.78. The Morgan fingerprint density at radius 3 is 2.39 bits per heavy atom. The van der Waals surface area contributed by atoms with Crippen LogP contribution in [0.2, 0.25) is 0 Å². The van der Waals surface area contributed by atoms with Gasteiger partial charge in [0.05, 0.1) is 0 Å². The van der Waals surface area contributed by atoms with E-state index in [0.29, 0.717) is 12.5 Å². The number of hydrogen-bond acceptors (Lipinski definition) is 3. The van der Waals surface area contributed by atoms with E-state index in [9.17, 15) is 4.79 Å². The zero-order chi connectivity index (χ0) is 13.4. The molecular formula is C14H29N3O. The molecule has 18 heavy (non-hydrogen) atoms. The summed E-state index contributed by atoms with van der Waals surface area (Å²) >= 11 is 0. The molecule has 0 aliphatic carbocycles. The number of nitrogens with zero attached hydrogens (tertiary/aromatic N) is 2. The topological polar surface area (TPSA) is 49.6 Å². The van der Waals surface area contributed by atoms with Crippen LogP contribution >= 0.6 is 0 Å². The zero-order valence-electron chi connectivity index (χ0n) is 12.0. The van der Waals surface area contributed by atoms with Crippen molar-refractivity contribution in [3.05, 3.63) is 0 Å². The molecule has 106 valence electrons. The molecule has 0 saturated carbocycles. The van der Waals surface area contributed by atoms with Crippen LogP contribution < -0.4 is 5.73 Å². The molecule has 1 unspecified atom stereocenters. The summed E-state index contributed by atoms with van der Waals surface area (Å²) in [5, 5.41) is 0. The summed E-state index contributed by atoms with van der Waals surface area (Å²) in [7, 11) is 0. The minimum absolute atomic E-state index is 0.242. The van der Waals surface area contributed by atoms with Crippen LogP contribution in [-0.4, -0.2) is 55.0 Å². The molecule has 1 atom stereocenters. The van der Waals surface area contributed by atoms with Crippen molar-refractivity contribution in [3.8, 4) is 0 Å². The van der Waals surface area contributed by atoms with Crippen LogP contribution in [0.15, 0.2) is 0 Å². The average molecular weight is 255 g/mol. The van der Waals surface area contributed by atoms with Crippen molar-refractivity contribution in [2.45, 2.75) is 39.5 Å². The first-order chi connectivity index (χ1) is 8.72. The molecule has 1 aliphatic rings. The van der Waals surface area contributed by atoms with Crippen LogP contribution in [0, 0.1) is 5.92 Å². The van der Waals surface area contributed by atoms with Crippen LogP contribution in [-0.2, 0) is 4.79 Å². The molecule has 0 spiro atoms. The van der Waals surface area contributed by atoms with Gasteiger partial charge in [-0.25, -0.2) is 0 Å². The van der Waals surface area contributed by atoms with E-state index < -0.39 is 0 Å². The monoisotopic (exact) mass is 255 g/mol. The van der Waals surface area contributed by atoms with E-state index in [0.717, 1.165) is 52.0 Å². The summed E-state index contributed by atoms with van der Waals surface area (Å²) in [6.45, 7) is 9.69. The van der Waals surface area contributed by atoms with Gasteiger partial charge in [-0.2, -0.15) is 0 Å². The maximum absolute atomic E-state index is 12.4. The lowest BCUT2D eigenvalue weighted by Crippen LogP contribution is -2.51. The van der Waals surface area contributed by atoms with Gasteiger partial charge in [-0.1, -0.05) is 26.7 Å². The minimum atomic E-state index is 0.242. The van der Waals surface area contributed by atoms with Gasteiger partial charge in [-0.05, 0) is 12.8 Å². The van der Waals surface area contributed by atoms with Gasteiger partial charge in [0.2, 0.25) is 5.91 Å². The fraction of sp³-hybridized carbons (Fsp3) is 0.929. The van der Waals surface area contributed by atoms with Crippen LogP contribution in [0.5, 0.6) is 0 Å². The molecule has 4 heteroatoms. The summed E-state index contributed by atoms with van der Waals surface area (Å²) in [6.07, 6.45) is 4.36. The molecule has 0 aromatic rings. The number of rotatable bonds is 7. The second kappa shape index (κ2) is 8.48. The van der Waals surface area contributed by atoms with E-state index in [2.05, 4.69) is 23.6 Å². The van der Waals surface area contributed by atoms with Crippen LogP contribution in [0.4, 0.5) is 0 Å². The normalized spacial score (nSPS) is 18.9. The quantitative estimate of drug-likeness (QED) is 0.746. The minimum Gasteiger partial charge on any atom is -0.340 e. The van der Waals surface area contributed by atoms with Gasteiger partial charge in [-0.3, -0.25) is 9.69 Å². The summed E-state index contributed by atoms with van der Waals surface area (Å²) in [5.74, 6) is 0.615. The predicted molar refractivity (Wildman–Crippen MR) is 75.4 cm³/mol. The third-order valence-corrected chi connectivity index (χ3v) is 3.88. The van der Waals surface area contributed by atoms with Crippen molar-refractivity contribution >= 4 is 5.91 Å². The second-order valence-electron chi connectivity index (χ2n) is 5.20. The fourth-order valence-corrected chi connectivity index (χ4v) is 2.59. The molecule has 1 fully saturated rings. The summed E-state index contributed by atoms with van der Waals surface area (Å²) in [5.41, 5.74) is 5.56. The summed E-state index contributed by atoms with van der Waals surface area (Å²) in [6, 6.07) is 0. The molecule has 1 heterocycles. The number of carbonyl (C=O) groups is 1. The largest absolute Gasteiger partial charge is 0.340 e. The van der Waals surface area contributed by atoms with Gasteiger partial charge >= 0.3 is 0 Å². The van der Waals surface area contributed by atoms with E-state index in [4.69, 9.17) is 5.73 Å². The van der Waals surface area contributed by atoms with E-state index >= 15 is 0 Å². The summed E-state index contributed by atoms with van der Waals surface area (Å²) < 4.78 is 0. The molecule has 0 bridgehead atoms. The van der Waals surface area contributed by atoms with Crippen molar-refractivity contribution in [1.29, 1.82) is 0 Å². The zero-order valence-corrected chi connectivity index (χ0v) is 12.0. The Hall–Kier alpha value is -0.610. The number of carbonyl (C=O) groups excluding carboxylic acids is 1. The first-order valence-electron chi connectivity index (χ1n) is 7.44. The van der Waals surface area contributed by atoms with Gasteiger partial charge < -0.3 is 10.6 Å². The van der Waals surface area contributed by atoms with Gasteiger partial charge in [-0.15, -0.1) is 0 Å². The highest BCUT2D eigenvalue weighted by Crippen LogP contribution is 2.17. The van der Waals surface area contributed by atoms with Gasteiger partial charge in [0.1, 0.15) is 0 Å². The Labute approximate surface area is 111 Å². The SMILES string of the molecule is CCCCC(CC)C(=O)N1CCN(CCN)CC1. The van der Waals surface area contributed by atoms with Gasteiger partial charge in [0.15, 0.2) is 0 Å². The third-order valence-electron chi connectivity index (χ3n) is 3.88. The van der Waals surface area contributed by atoms with E-state index in [-0.39, 0.29) is 5.92 Å². The molecule has 0 aromatic carbocycles. The lowest BCUT2D eigenvalue weighted by atomic mass is 9.97. The molecule has 0 aromatic heterocycles. The number of piperazine rings is 1. The molecule has 0 radical (unpaired) electrons. The van der Waals surface area contributed by atoms with Crippen LogP contribution in [0.3, 0.4) is 0 Å². The van der Waals surface area contributed by atoms with Crippen LogP contribution in [0.1, 0.15) is 39.5 Å². The van der Waals surface area contributed by atoms with Crippen molar-refractivity contribution in [3.63, 3.8) is 0 Å². The van der Waals surface area contributed by atoms with Crippen molar-refractivity contribution in [1.82, 2.24) is 9.80 Å². The van der Waals surface area contributed by atoms with Crippen molar-refractivity contribution in [2.75, 3.05) is 39.3 Å².